The number of nitrogens with one attached hydrogen (secondary N) is 2. The summed E-state index contributed by atoms with van der Waals surface area (Å²) in [6.07, 6.45) is 3.37. The highest BCUT2D eigenvalue weighted by Crippen LogP contribution is 2.25. The number of aryl methyl sites for hydroxylation is 1. The Hall–Kier alpha value is -3.03. The Bertz CT molecular complexity index is 835. The molecule has 2 heterocycles. The first-order valence-corrected chi connectivity index (χ1v) is 6.81. The van der Waals surface area contributed by atoms with Gasteiger partial charge in [0.15, 0.2) is 5.82 Å². The van der Waals surface area contributed by atoms with E-state index in [4.69, 9.17) is 0 Å². The molecule has 6 nitrogen and oxygen atoms in total. The fourth-order valence-electron chi connectivity index (χ4n) is 2.15. The van der Waals surface area contributed by atoms with Crippen molar-refractivity contribution in [3.8, 4) is 11.3 Å². The average Bonchev–Trinajstić information content (AvgIpc) is 3.08. The van der Waals surface area contributed by atoms with Crippen LogP contribution in [0.4, 0.5) is 14.6 Å². The first-order valence-electron chi connectivity index (χ1n) is 6.81. The minimum Gasteiger partial charge on any atom is -0.308 e. The van der Waals surface area contributed by atoms with Gasteiger partial charge in [-0.15, -0.1) is 0 Å². The van der Waals surface area contributed by atoms with Crippen LogP contribution in [0.3, 0.4) is 0 Å². The van der Waals surface area contributed by atoms with Gasteiger partial charge in [0.05, 0.1) is 17.5 Å². The average molecular weight is 317 g/mol. The molecule has 2 aromatic heterocycles. The van der Waals surface area contributed by atoms with E-state index in [0.29, 0.717) is 0 Å². The van der Waals surface area contributed by atoms with E-state index in [1.54, 1.807) is 12.4 Å². The second-order valence-corrected chi connectivity index (χ2v) is 5.03. The van der Waals surface area contributed by atoms with E-state index in [9.17, 15) is 13.6 Å². The molecule has 0 unspecified atom stereocenters. The molecule has 0 spiro atoms. The van der Waals surface area contributed by atoms with E-state index in [1.165, 1.54) is 16.8 Å². The van der Waals surface area contributed by atoms with Gasteiger partial charge in [0.25, 0.3) is 0 Å². The van der Waals surface area contributed by atoms with E-state index in [-0.39, 0.29) is 29.5 Å². The van der Waals surface area contributed by atoms with Crippen molar-refractivity contribution in [3.05, 3.63) is 53.9 Å². The number of aromatic amines is 1. The number of anilines is 1. The van der Waals surface area contributed by atoms with Gasteiger partial charge in [-0.25, -0.2) is 8.78 Å². The summed E-state index contributed by atoms with van der Waals surface area (Å²) in [5, 5.41) is 12.9. The molecule has 0 fully saturated rings. The normalized spacial score (nSPS) is 10.7. The second-order valence-electron chi connectivity index (χ2n) is 5.03. The summed E-state index contributed by atoms with van der Waals surface area (Å²) >= 11 is 0. The van der Waals surface area contributed by atoms with Gasteiger partial charge in [-0.05, 0) is 24.6 Å². The predicted molar refractivity (Wildman–Crippen MR) is 79.5 cm³/mol. The molecule has 0 saturated carbocycles. The van der Waals surface area contributed by atoms with Gasteiger partial charge in [-0.1, -0.05) is 6.07 Å². The zero-order valence-corrected chi connectivity index (χ0v) is 12.2. The highest BCUT2D eigenvalue weighted by atomic mass is 19.1. The Morgan fingerprint density at radius 3 is 2.74 bits per heavy atom. The topological polar surface area (TPSA) is 75.6 Å². The number of amides is 1. The molecule has 8 heteroatoms. The molecule has 0 bridgehead atoms. The Balaban J connectivity index is 1.73. The van der Waals surface area contributed by atoms with E-state index in [1.807, 2.05) is 6.92 Å². The number of benzene rings is 1. The molecule has 2 N–H and O–H groups in total. The maximum absolute atomic E-state index is 13.7. The van der Waals surface area contributed by atoms with Crippen molar-refractivity contribution >= 4 is 11.7 Å². The third-order valence-electron chi connectivity index (χ3n) is 3.15. The number of carbonyl (C=O) groups is 1. The molecule has 0 aliphatic heterocycles. The van der Waals surface area contributed by atoms with Gasteiger partial charge in [-0.3, -0.25) is 14.6 Å². The van der Waals surface area contributed by atoms with Crippen LogP contribution in [-0.4, -0.2) is 25.9 Å². The van der Waals surface area contributed by atoms with Crippen molar-refractivity contribution in [1.29, 1.82) is 0 Å². The lowest BCUT2D eigenvalue weighted by Gasteiger charge is -2.02. The summed E-state index contributed by atoms with van der Waals surface area (Å²) in [7, 11) is 0. The first-order chi connectivity index (χ1) is 11.0. The van der Waals surface area contributed by atoms with Gasteiger partial charge < -0.3 is 5.32 Å². The molecular formula is C15H13F2N5O. The smallest absolute Gasteiger partial charge is 0.247 e. The predicted octanol–water partition coefficient (Wildman–Crippen LogP) is 2.50. The zero-order chi connectivity index (χ0) is 16.4. The van der Waals surface area contributed by atoms with Gasteiger partial charge in [-0.2, -0.15) is 10.2 Å². The summed E-state index contributed by atoms with van der Waals surface area (Å²) in [5.74, 6) is -1.59. The quantitative estimate of drug-likeness (QED) is 0.776. The Morgan fingerprint density at radius 2 is 2.09 bits per heavy atom. The number of aromatic nitrogens is 4. The molecule has 0 aliphatic carbocycles. The van der Waals surface area contributed by atoms with E-state index in [2.05, 4.69) is 20.6 Å². The zero-order valence-electron chi connectivity index (χ0n) is 12.2. The third kappa shape index (κ3) is 3.25. The number of halogens is 2. The van der Waals surface area contributed by atoms with Crippen LogP contribution in [-0.2, 0) is 11.3 Å². The first kappa shape index (κ1) is 14.9. The lowest BCUT2D eigenvalue weighted by molar-refractivity contribution is -0.116. The molecule has 23 heavy (non-hydrogen) atoms. The summed E-state index contributed by atoms with van der Waals surface area (Å²) in [5.41, 5.74) is 0.865. The third-order valence-corrected chi connectivity index (χ3v) is 3.15. The van der Waals surface area contributed by atoms with E-state index >= 15 is 0 Å². The summed E-state index contributed by atoms with van der Waals surface area (Å²) in [4.78, 5) is 11.9. The van der Waals surface area contributed by atoms with E-state index in [0.717, 1.165) is 17.7 Å². The number of hydrogen-bond donors (Lipinski definition) is 2. The molecule has 3 rings (SSSR count). The minimum atomic E-state index is -0.710. The Morgan fingerprint density at radius 1 is 1.35 bits per heavy atom. The van der Waals surface area contributed by atoms with Crippen LogP contribution in [0.15, 0.2) is 36.7 Å². The van der Waals surface area contributed by atoms with Crippen molar-refractivity contribution in [3.63, 3.8) is 0 Å². The fraction of sp³-hybridized carbons (Fsp3) is 0.133. The van der Waals surface area contributed by atoms with Crippen LogP contribution in [0, 0.1) is 18.6 Å². The summed E-state index contributed by atoms with van der Waals surface area (Å²) < 4.78 is 28.9. The lowest BCUT2D eigenvalue weighted by atomic mass is 10.1. The van der Waals surface area contributed by atoms with E-state index < -0.39 is 11.6 Å². The van der Waals surface area contributed by atoms with Gasteiger partial charge >= 0.3 is 0 Å². The largest absolute Gasteiger partial charge is 0.308 e. The lowest BCUT2D eigenvalue weighted by Crippen LogP contribution is -2.19. The van der Waals surface area contributed by atoms with Crippen molar-refractivity contribution in [1.82, 2.24) is 20.0 Å². The van der Waals surface area contributed by atoms with Crippen LogP contribution >= 0.6 is 0 Å². The fourth-order valence-corrected chi connectivity index (χ4v) is 2.15. The number of H-pyrrole nitrogens is 1. The van der Waals surface area contributed by atoms with Crippen LogP contribution in [0.25, 0.3) is 11.3 Å². The number of rotatable bonds is 4. The molecule has 0 radical (unpaired) electrons. The maximum atomic E-state index is 13.7. The number of carbonyl (C=O) groups excluding carboxylic acids is 1. The molecule has 0 atom stereocenters. The van der Waals surface area contributed by atoms with Crippen molar-refractivity contribution in [2.75, 3.05) is 5.32 Å². The monoisotopic (exact) mass is 317 g/mol. The standard InChI is InChI=1S/C15H13F2N5O/c1-9-6-18-22(7-9)8-14(23)19-13-5-12(20-21-13)15-10(16)3-2-4-11(15)17/h2-7H,8H2,1H3,(H2,19,20,21,23). The Labute approximate surface area is 130 Å². The molecule has 1 amide bonds. The van der Waals surface area contributed by atoms with Crippen molar-refractivity contribution < 1.29 is 13.6 Å². The Kier molecular flexibility index (Phi) is 3.88. The maximum Gasteiger partial charge on any atom is 0.247 e. The summed E-state index contributed by atoms with van der Waals surface area (Å²) in [6.45, 7) is 1.88. The van der Waals surface area contributed by atoms with Crippen LogP contribution in [0.1, 0.15) is 5.56 Å². The number of nitrogens with zero attached hydrogens (tertiary/aromatic N) is 3. The molecule has 1 aromatic carbocycles. The molecule has 3 aromatic rings. The molecular weight excluding hydrogens is 304 g/mol. The van der Waals surface area contributed by atoms with Gasteiger partial charge in [0.1, 0.15) is 18.2 Å². The minimum absolute atomic E-state index is 0.0179. The highest BCUT2D eigenvalue weighted by molar-refractivity contribution is 5.90. The molecule has 0 saturated heterocycles. The highest BCUT2D eigenvalue weighted by Gasteiger charge is 2.14. The summed E-state index contributed by atoms with van der Waals surface area (Å²) in [6, 6.07) is 4.95. The van der Waals surface area contributed by atoms with Gasteiger partial charge in [0.2, 0.25) is 5.91 Å². The van der Waals surface area contributed by atoms with Crippen molar-refractivity contribution in [2.24, 2.45) is 0 Å². The number of hydrogen-bond acceptors (Lipinski definition) is 3. The second kappa shape index (κ2) is 5.99. The SMILES string of the molecule is Cc1cnn(CC(=O)Nc2cc(-c3c(F)cccc3F)[nH]n2)c1. The van der Waals surface area contributed by atoms with Crippen LogP contribution in [0.5, 0.6) is 0 Å². The van der Waals surface area contributed by atoms with Crippen LogP contribution < -0.4 is 5.32 Å². The van der Waals surface area contributed by atoms with Crippen LogP contribution in [0.2, 0.25) is 0 Å². The van der Waals surface area contributed by atoms with Gasteiger partial charge in [0, 0.05) is 12.3 Å². The molecule has 0 aliphatic rings. The van der Waals surface area contributed by atoms with Crippen molar-refractivity contribution in [2.45, 2.75) is 13.5 Å². The molecule has 118 valence electrons.